The van der Waals surface area contributed by atoms with E-state index < -0.39 is 0 Å². The number of thiazole rings is 1. The molecule has 0 radical (unpaired) electrons. The van der Waals surface area contributed by atoms with Crippen LogP contribution in [0.2, 0.25) is 0 Å². The van der Waals surface area contributed by atoms with Crippen LogP contribution in [0.4, 0.5) is 0 Å². The zero-order valence-electron chi connectivity index (χ0n) is 12.0. The van der Waals surface area contributed by atoms with E-state index in [1.165, 1.54) is 10.4 Å². The van der Waals surface area contributed by atoms with Crippen molar-refractivity contribution in [2.24, 2.45) is 0 Å². The summed E-state index contributed by atoms with van der Waals surface area (Å²) in [4.78, 5) is 8.10. The number of nitrogens with zero attached hydrogens (tertiary/aromatic N) is 2. The van der Waals surface area contributed by atoms with Gasteiger partial charge in [-0.3, -0.25) is 9.88 Å². The van der Waals surface area contributed by atoms with E-state index in [4.69, 9.17) is 0 Å². The van der Waals surface area contributed by atoms with E-state index in [1.54, 1.807) is 11.3 Å². The summed E-state index contributed by atoms with van der Waals surface area (Å²) in [5.74, 6) is 0. The molecule has 1 saturated heterocycles. The van der Waals surface area contributed by atoms with Crippen molar-refractivity contribution >= 4 is 11.3 Å². The van der Waals surface area contributed by atoms with Gasteiger partial charge in [0.2, 0.25) is 0 Å². The number of aromatic nitrogens is 1. The molecule has 0 bridgehead atoms. The van der Waals surface area contributed by atoms with Crippen molar-refractivity contribution < 1.29 is 0 Å². The highest BCUT2D eigenvalue weighted by Gasteiger charge is 2.33. The molecular weight excluding hydrogens is 266 g/mol. The summed E-state index contributed by atoms with van der Waals surface area (Å²) in [6.45, 7) is 7.57. The van der Waals surface area contributed by atoms with Gasteiger partial charge in [-0.15, -0.1) is 11.3 Å². The Morgan fingerprint density at radius 3 is 2.85 bits per heavy atom. The van der Waals surface area contributed by atoms with E-state index in [2.05, 4.69) is 59.4 Å². The van der Waals surface area contributed by atoms with Gasteiger partial charge in [0.1, 0.15) is 0 Å². The van der Waals surface area contributed by atoms with Gasteiger partial charge in [-0.1, -0.05) is 30.3 Å². The predicted octanol–water partition coefficient (Wildman–Crippen LogP) is 3.07. The lowest BCUT2D eigenvalue weighted by atomic mass is 9.95. The first-order valence-electron chi connectivity index (χ1n) is 7.05. The van der Waals surface area contributed by atoms with Crippen LogP contribution >= 0.6 is 11.3 Å². The van der Waals surface area contributed by atoms with Crippen molar-refractivity contribution in [2.45, 2.75) is 32.0 Å². The lowest BCUT2D eigenvalue weighted by Crippen LogP contribution is -2.57. The highest BCUT2D eigenvalue weighted by molar-refractivity contribution is 7.09. The molecule has 0 aliphatic carbocycles. The van der Waals surface area contributed by atoms with Crippen molar-refractivity contribution in [3.8, 4) is 0 Å². The summed E-state index contributed by atoms with van der Waals surface area (Å²) < 4.78 is 0. The minimum Gasteiger partial charge on any atom is -0.309 e. The molecule has 1 atom stereocenters. The molecule has 106 valence electrons. The van der Waals surface area contributed by atoms with Gasteiger partial charge in [0.25, 0.3) is 0 Å². The Hall–Kier alpha value is -1.23. The molecule has 1 aromatic heterocycles. The van der Waals surface area contributed by atoms with E-state index in [0.717, 1.165) is 19.6 Å². The first kappa shape index (κ1) is 13.7. The molecule has 1 aromatic carbocycles. The molecule has 20 heavy (non-hydrogen) atoms. The van der Waals surface area contributed by atoms with E-state index in [0.29, 0.717) is 6.04 Å². The standard InChI is InChI=1S/C16H21N3S/c1-16(2)11-19(10-14-8-17-12-20-14)15(9-18-16)13-6-4-3-5-7-13/h3-8,12,15,18H,9-11H2,1-2H3. The van der Waals surface area contributed by atoms with Gasteiger partial charge in [0.15, 0.2) is 0 Å². The third-order valence-corrected chi connectivity index (χ3v) is 4.60. The average Bonchev–Trinajstić information content (AvgIpc) is 2.92. The van der Waals surface area contributed by atoms with E-state index >= 15 is 0 Å². The molecule has 3 nitrogen and oxygen atoms in total. The molecule has 1 aliphatic heterocycles. The molecule has 0 spiro atoms. The molecule has 4 heteroatoms. The van der Waals surface area contributed by atoms with Crippen molar-refractivity contribution in [2.75, 3.05) is 13.1 Å². The second-order valence-electron chi connectivity index (χ2n) is 6.06. The molecule has 1 unspecified atom stereocenters. The quantitative estimate of drug-likeness (QED) is 0.940. The lowest BCUT2D eigenvalue weighted by Gasteiger charge is -2.44. The molecule has 0 saturated carbocycles. The zero-order valence-corrected chi connectivity index (χ0v) is 12.9. The van der Waals surface area contributed by atoms with Crippen LogP contribution in [0.5, 0.6) is 0 Å². The number of nitrogens with one attached hydrogen (secondary N) is 1. The number of hydrogen-bond acceptors (Lipinski definition) is 4. The van der Waals surface area contributed by atoms with Crippen LogP contribution in [-0.2, 0) is 6.54 Å². The fraction of sp³-hybridized carbons (Fsp3) is 0.438. The van der Waals surface area contributed by atoms with Crippen molar-refractivity contribution in [1.82, 2.24) is 15.2 Å². The summed E-state index contributed by atoms with van der Waals surface area (Å²) in [5.41, 5.74) is 3.47. The lowest BCUT2D eigenvalue weighted by molar-refractivity contribution is 0.0889. The average molecular weight is 287 g/mol. The summed E-state index contributed by atoms with van der Waals surface area (Å²) in [6.07, 6.45) is 1.99. The van der Waals surface area contributed by atoms with Crippen LogP contribution < -0.4 is 5.32 Å². The van der Waals surface area contributed by atoms with Crippen LogP contribution in [0.15, 0.2) is 42.0 Å². The van der Waals surface area contributed by atoms with E-state index in [9.17, 15) is 0 Å². The van der Waals surface area contributed by atoms with Crippen LogP contribution in [0, 0.1) is 0 Å². The molecule has 0 amide bonds. The number of benzene rings is 1. The number of hydrogen-bond donors (Lipinski definition) is 1. The van der Waals surface area contributed by atoms with Crippen molar-refractivity contribution in [3.05, 3.63) is 52.5 Å². The third kappa shape index (κ3) is 3.08. The highest BCUT2D eigenvalue weighted by atomic mass is 32.1. The number of rotatable bonds is 3. The molecule has 1 fully saturated rings. The van der Waals surface area contributed by atoms with Gasteiger partial charge < -0.3 is 5.32 Å². The van der Waals surface area contributed by atoms with Gasteiger partial charge in [-0.2, -0.15) is 0 Å². The van der Waals surface area contributed by atoms with E-state index in [1.807, 2.05) is 11.7 Å². The van der Waals surface area contributed by atoms with Crippen molar-refractivity contribution in [1.29, 1.82) is 0 Å². The monoisotopic (exact) mass is 287 g/mol. The maximum Gasteiger partial charge on any atom is 0.0794 e. The second-order valence-corrected chi connectivity index (χ2v) is 7.03. The smallest absolute Gasteiger partial charge is 0.0794 e. The van der Waals surface area contributed by atoms with Crippen LogP contribution in [-0.4, -0.2) is 28.5 Å². The Morgan fingerprint density at radius 1 is 1.35 bits per heavy atom. The first-order chi connectivity index (χ1) is 9.64. The fourth-order valence-electron chi connectivity index (χ4n) is 2.87. The van der Waals surface area contributed by atoms with Crippen LogP contribution in [0.1, 0.15) is 30.3 Å². The molecule has 2 heterocycles. The third-order valence-electron chi connectivity index (χ3n) is 3.84. The Balaban J connectivity index is 1.83. The predicted molar refractivity (Wildman–Crippen MR) is 83.8 cm³/mol. The maximum atomic E-state index is 4.20. The molecule has 2 aromatic rings. The minimum atomic E-state index is 0.163. The van der Waals surface area contributed by atoms with Crippen molar-refractivity contribution in [3.63, 3.8) is 0 Å². The molecular formula is C16H21N3S. The Labute approximate surface area is 124 Å². The first-order valence-corrected chi connectivity index (χ1v) is 7.93. The maximum absolute atomic E-state index is 4.20. The fourth-order valence-corrected chi connectivity index (χ4v) is 3.49. The zero-order chi connectivity index (χ0) is 14.0. The van der Waals surface area contributed by atoms with Gasteiger partial charge in [-0.25, -0.2) is 0 Å². The summed E-state index contributed by atoms with van der Waals surface area (Å²) in [7, 11) is 0. The van der Waals surface area contributed by atoms with Gasteiger partial charge in [-0.05, 0) is 19.4 Å². The van der Waals surface area contributed by atoms with Gasteiger partial charge in [0, 0.05) is 42.3 Å². The second kappa shape index (κ2) is 5.64. The van der Waals surface area contributed by atoms with Gasteiger partial charge in [0.05, 0.1) is 5.51 Å². The Kier molecular flexibility index (Phi) is 3.87. The SMILES string of the molecule is CC1(C)CN(Cc2cncs2)C(c2ccccc2)CN1. The largest absolute Gasteiger partial charge is 0.309 e. The topological polar surface area (TPSA) is 28.2 Å². The molecule has 1 N–H and O–H groups in total. The Bertz CT molecular complexity index is 536. The normalized spacial score (nSPS) is 22.8. The van der Waals surface area contributed by atoms with Gasteiger partial charge >= 0.3 is 0 Å². The van der Waals surface area contributed by atoms with Crippen LogP contribution in [0.3, 0.4) is 0 Å². The minimum absolute atomic E-state index is 0.163. The summed E-state index contributed by atoms with van der Waals surface area (Å²) in [5, 5.41) is 3.66. The van der Waals surface area contributed by atoms with Crippen LogP contribution in [0.25, 0.3) is 0 Å². The highest BCUT2D eigenvalue weighted by Crippen LogP contribution is 2.29. The summed E-state index contributed by atoms with van der Waals surface area (Å²) >= 11 is 1.74. The summed E-state index contributed by atoms with van der Waals surface area (Å²) in [6, 6.07) is 11.2. The molecule has 3 rings (SSSR count). The molecule has 1 aliphatic rings. The Morgan fingerprint density at radius 2 is 2.15 bits per heavy atom. The van der Waals surface area contributed by atoms with E-state index in [-0.39, 0.29) is 5.54 Å². The number of piperazine rings is 1.